The number of methoxy groups -OCH3 is 1. The van der Waals surface area contributed by atoms with Crippen LogP contribution >= 0.6 is 0 Å². The molecule has 0 atom stereocenters. The van der Waals surface area contributed by atoms with Crippen LogP contribution in [0.4, 0.5) is 5.69 Å². The molecule has 2 amide bonds. The summed E-state index contributed by atoms with van der Waals surface area (Å²) in [5.41, 5.74) is 1.21. The summed E-state index contributed by atoms with van der Waals surface area (Å²) >= 11 is 0. The topological polar surface area (TPSA) is 97.4 Å². The Labute approximate surface area is 145 Å². The quantitative estimate of drug-likeness (QED) is 0.813. The van der Waals surface area contributed by atoms with E-state index in [0.717, 1.165) is 0 Å². The molecule has 7 heteroatoms. The Morgan fingerprint density at radius 1 is 1.04 bits per heavy atom. The van der Waals surface area contributed by atoms with Gasteiger partial charge in [0, 0.05) is 23.5 Å². The van der Waals surface area contributed by atoms with Crippen molar-refractivity contribution in [3.63, 3.8) is 0 Å². The molecule has 0 aliphatic rings. The third-order valence-corrected chi connectivity index (χ3v) is 3.22. The van der Waals surface area contributed by atoms with Crippen LogP contribution in [0.25, 0.3) is 0 Å². The van der Waals surface area contributed by atoms with Gasteiger partial charge < -0.3 is 15.4 Å². The molecule has 0 unspecified atom stereocenters. The number of hydrogen-bond acceptors (Lipinski definition) is 5. The standard InChI is InChI=1S/C18H19N3O4/c1-11(2)20-17(23)15-10-12(7-8-19-15)16(22)21-14-6-4-5-13(9-14)18(24)25-3/h4-11H,1-3H3,(H,20,23)(H,21,22). The second-order valence-corrected chi connectivity index (χ2v) is 5.58. The number of aromatic nitrogens is 1. The van der Waals surface area contributed by atoms with Crippen LogP contribution in [0.5, 0.6) is 0 Å². The van der Waals surface area contributed by atoms with E-state index in [1.807, 2.05) is 13.8 Å². The Bertz CT molecular complexity index is 802. The average molecular weight is 341 g/mol. The summed E-state index contributed by atoms with van der Waals surface area (Å²) in [6, 6.07) is 9.27. The van der Waals surface area contributed by atoms with Gasteiger partial charge in [-0.15, -0.1) is 0 Å². The van der Waals surface area contributed by atoms with Crippen molar-refractivity contribution >= 4 is 23.5 Å². The summed E-state index contributed by atoms with van der Waals surface area (Å²) < 4.78 is 4.65. The molecule has 1 heterocycles. The van der Waals surface area contributed by atoms with Gasteiger partial charge in [-0.2, -0.15) is 0 Å². The molecule has 0 aliphatic carbocycles. The number of nitrogens with zero attached hydrogens (tertiary/aromatic N) is 1. The maximum absolute atomic E-state index is 12.4. The van der Waals surface area contributed by atoms with Gasteiger partial charge in [0.05, 0.1) is 12.7 Å². The zero-order valence-electron chi connectivity index (χ0n) is 14.2. The number of anilines is 1. The highest BCUT2D eigenvalue weighted by Gasteiger charge is 2.13. The van der Waals surface area contributed by atoms with Crippen molar-refractivity contribution in [1.29, 1.82) is 0 Å². The first-order valence-corrected chi connectivity index (χ1v) is 7.67. The first kappa shape index (κ1) is 18.1. The Morgan fingerprint density at radius 2 is 1.80 bits per heavy atom. The van der Waals surface area contributed by atoms with Crippen molar-refractivity contribution in [1.82, 2.24) is 10.3 Å². The van der Waals surface area contributed by atoms with Crippen molar-refractivity contribution in [2.24, 2.45) is 0 Å². The molecule has 7 nitrogen and oxygen atoms in total. The van der Waals surface area contributed by atoms with Crippen LogP contribution in [-0.2, 0) is 4.74 Å². The highest BCUT2D eigenvalue weighted by molar-refractivity contribution is 6.06. The van der Waals surface area contributed by atoms with Crippen molar-refractivity contribution in [2.45, 2.75) is 19.9 Å². The molecule has 0 bridgehead atoms. The van der Waals surface area contributed by atoms with Gasteiger partial charge in [0.25, 0.3) is 11.8 Å². The molecule has 2 rings (SSSR count). The number of pyridine rings is 1. The lowest BCUT2D eigenvalue weighted by Crippen LogP contribution is -2.31. The van der Waals surface area contributed by atoms with E-state index in [4.69, 9.17) is 0 Å². The van der Waals surface area contributed by atoms with Gasteiger partial charge in [-0.05, 0) is 44.2 Å². The molecule has 25 heavy (non-hydrogen) atoms. The molecule has 0 saturated heterocycles. The maximum Gasteiger partial charge on any atom is 0.337 e. The van der Waals surface area contributed by atoms with Crippen LogP contribution in [0.3, 0.4) is 0 Å². The van der Waals surface area contributed by atoms with Gasteiger partial charge >= 0.3 is 5.97 Å². The third-order valence-electron chi connectivity index (χ3n) is 3.22. The van der Waals surface area contributed by atoms with E-state index >= 15 is 0 Å². The monoisotopic (exact) mass is 341 g/mol. The molecule has 2 N–H and O–H groups in total. The van der Waals surface area contributed by atoms with E-state index in [2.05, 4.69) is 20.4 Å². The third kappa shape index (κ3) is 4.87. The average Bonchev–Trinajstić information content (AvgIpc) is 2.60. The van der Waals surface area contributed by atoms with E-state index in [0.29, 0.717) is 11.3 Å². The van der Waals surface area contributed by atoms with E-state index in [1.165, 1.54) is 31.5 Å². The van der Waals surface area contributed by atoms with Gasteiger partial charge in [0.2, 0.25) is 0 Å². The van der Waals surface area contributed by atoms with Gasteiger partial charge in [-0.1, -0.05) is 6.07 Å². The summed E-state index contributed by atoms with van der Waals surface area (Å²) in [6.45, 7) is 3.67. The Kier molecular flexibility index (Phi) is 5.84. The van der Waals surface area contributed by atoms with Crippen LogP contribution in [0.15, 0.2) is 42.6 Å². The summed E-state index contributed by atoms with van der Waals surface area (Å²) in [7, 11) is 1.29. The van der Waals surface area contributed by atoms with Crippen LogP contribution in [-0.4, -0.2) is 35.9 Å². The number of carbonyl (C=O) groups is 3. The molecule has 0 fully saturated rings. The Balaban J connectivity index is 2.16. The minimum Gasteiger partial charge on any atom is -0.465 e. The van der Waals surface area contributed by atoms with Gasteiger partial charge in [-0.25, -0.2) is 4.79 Å². The number of esters is 1. The highest BCUT2D eigenvalue weighted by Crippen LogP contribution is 2.13. The Morgan fingerprint density at radius 3 is 2.48 bits per heavy atom. The van der Waals surface area contributed by atoms with E-state index in [1.54, 1.807) is 18.2 Å². The van der Waals surface area contributed by atoms with Crippen molar-refractivity contribution < 1.29 is 19.1 Å². The van der Waals surface area contributed by atoms with Crippen molar-refractivity contribution in [2.75, 3.05) is 12.4 Å². The minimum absolute atomic E-state index is 0.0344. The molecule has 1 aromatic carbocycles. The van der Waals surface area contributed by atoms with Crippen LogP contribution < -0.4 is 10.6 Å². The van der Waals surface area contributed by atoms with Gasteiger partial charge in [0.1, 0.15) is 5.69 Å². The first-order valence-electron chi connectivity index (χ1n) is 7.67. The predicted octanol–water partition coefficient (Wildman–Crippen LogP) is 2.26. The number of hydrogen-bond donors (Lipinski definition) is 2. The summed E-state index contributed by atoms with van der Waals surface area (Å²) in [5, 5.41) is 5.40. The molecule has 0 radical (unpaired) electrons. The fourth-order valence-corrected chi connectivity index (χ4v) is 2.08. The molecular formula is C18H19N3O4. The smallest absolute Gasteiger partial charge is 0.337 e. The second kappa shape index (κ2) is 8.05. The second-order valence-electron chi connectivity index (χ2n) is 5.58. The fraction of sp³-hybridized carbons (Fsp3) is 0.222. The number of ether oxygens (including phenoxy) is 1. The zero-order chi connectivity index (χ0) is 18.4. The molecule has 0 spiro atoms. The van der Waals surface area contributed by atoms with Crippen molar-refractivity contribution in [3.8, 4) is 0 Å². The molecular weight excluding hydrogens is 322 g/mol. The number of amides is 2. The van der Waals surface area contributed by atoms with Gasteiger partial charge in [0.15, 0.2) is 0 Å². The van der Waals surface area contributed by atoms with E-state index in [-0.39, 0.29) is 23.2 Å². The lowest BCUT2D eigenvalue weighted by molar-refractivity contribution is 0.0600. The lowest BCUT2D eigenvalue weighted by atomic mass is 10.1. The minimum atomic E-state index is -0.493. The normalized spacial score (nSPS) is 10.2. The maximum atomic E-state index is 12.4. The number of benzene rings is 1. The lowest BCUT2D eigenvalue weighted by Gasteiger charge is -2.09. The number of rotatable bonds is 5. The fourth-order valence-electron chi connectivity index (χ4n) is 2.08. The molecule has 1 aromatic heterocycles. The van der Waals surface area contributed by atoms with Crippen LogP contribution in [0.2, 0.25) is 0 Å². The molecule has 2 aromatic rings. The van der Waals surface area contributed by atoms with E-state index in [9.17, 15) is 14.4 Å². The number of carbonyl (C=O) groups excluding carboxylic acids is 3. The zero-order valence-corrected chi connectivity index (χ0v) is 14.2. The van der Waals surface area contributed by atoms with Crippen LogP contribution in [0, 0.1) is 0 Å². The van der Waals surface area contributed by atoms with Crippen LogP contribution in [0.1, 0.15) is 45.1 Å². The molecule has 130 valence electrons. The molecule has 0 aliphatic heterocycles. The Hall–Kier alpha value is -3.22. The molecule has 0 saturated carbocycles. The summed E-state index contributed by atoms with van der Waals surface area (Å²) in [4.78, 5) is 39.9. The summed E-state index contributed by atoms with van der Waals surface area (Å²) in [5.74, 6) is -1.26. The predicted molar refractivity (Wildman–Crippen MR) is 92.6 cm³/mol. The SMILES string of the molecule is COC(=O)c1cccc(NC(=O)c2ccnc(C(=O)NC(C)C)c2)c1. The number of nitrogens with one attached hydrogen (secondary N) is 2. The first-order chi connectivity index (χ1) is 11.9. The highest BCUT2D eigenvalue weighted by atomic mass is 16.5. The van der Waals surface area contributed by atoms with E-state index < -0.39 is 11.9 Å². The largest absolute Gasteiger partial charge is 0.465 e. The summed E-state index contributed by atoms with van der Waals surface area (Å²) in [6.07, 6.45) is 1.40. The van der Waals surface area contributed by atoms with Crippen molar-refractivity contribution in [3.05, 3.63) is 59.4 Å². The van der Waals surface area contributed by atoms with Gasteiger partial charge in [-0.3, -0.25) is 14.6 Å².